The highest BCUT2D eigenvalue weighted by molar-refractivity contribution is 6.08. The average Bonchev–Trinajstić information content (AvgIpc) is 2.84. The minimum atomic E-state index is -0.629. The standard InChI is InChI=1S/C29H32N2O3/c1-29(2,3)34-28(33)25-15-14-24(20-26(25)30-27(32)23-12-8-5-9-13-23)31-18-16-22(17-19-31)21-10-6-4-7-11-21/h4-15,20,22H,16-19H2,1-3H3,(H,30,32). The number of nitrogens with zero attached hydrogens (tertiary/aromatic N) is 1. The van der Waals surface area contributed by atoms with Gasteiger partial charge in [-0.05, 0) is 75.4 Å². The lowest BCUT2D eigenvalue weighted by molar-refractivity contribution is 0.00708. The highest BCUT2D eigenvalue weighted by Crippen LogP contribution is 2.33. The molecular formula is C29H32N2O3. The van der Waals surface area contributed by atoms with Gasteiger partial charge in [0.05, 0.1) is 11.3 Å². The molecule has 1 N–H and O–H groups in total. The molecule has 5 heteroatoms. The van der Waals surface area contributed by atoms with Crippen LogP contribution >= 0.6 is 0 Å². The SMILES string of the molecule is CC(C)(C)OC(=O)c1ccc(N2CCC(c3ccccc3)CC2)cc1NC(=O)c1ccccc1. The van der Waals surface area contributed by atoms with Crippen LogP contribution in [0.15, 0.2) is 78.9 Å². The van der Waals surface area contributed by atoms with Crippen LogP contribution in [-0.4, -0.2) is 30.6 Å². The van der Waals surface area contributed by atoms with Crippen LogP contribution in [0, 0.1) is 0 Å². The van der Waals surface area contributed by atoms with Gasteiger partial charge in [0.2, 0.25) is 0 Å². The van der Waals surface area contributed by atoms with Crippen molar-refractivity contribution in [3.05, 3.63) is 95.6 Å². The van der Waals surface area contributed by atoms with Crippen molar-refractivity contribution in [2.75, 3.05) is 23.3 Å². The van der Waals surface area contributed by atoms with Crippen molar-refractivity contribution >= 4 is 23.3 Å². The third-order valence-electron chi connectivity index (χ3n) is 6.04. The van der Waals surface area contributed by atoms with Gasteiger partial charge in [-0.2, -0.15) is 0 Å². The van der Waals surface area contributed by atoms with Gasteiger partial charge in [-0.3, -0.25) is 4.79 Å². The Morgan fingerprint density at radius 3 is 2.12 bits per heavy atom. The summed E-state index contributed by atoms with van der Waals surface area (Å²) in [4.78, 5) is 28.1. The molecule has 34 heavy (non-hydrogen) atoms. The number of ether oxygens (including phenoxy) is 1. The van der Waals surface area contributed by atoms with Gasteiger partial charge in [0, 0.05) is 24.3 Å². The van der Waals surface area contributed by atoms with E-state index in [9.17, 15) is 9.59 Å². The number of esters is 1. The van der Waals surface area contributed by atoms with Crippen LogP contribution in [0.4, 0.5) is 11.4 Å². The third kappa shape index (κ3) is 5.84. The summed E-state index contributed by atoms with van der Waals surface area (Å²) in [5, 5.41) is 2.94. The quantitative estimate of drug-likeness (QED) is 0.459. The van der Waals surface area contributed by atoms with Gasteiger partial charge in [0.1, 0.15) is 5.60 Å². The molecule has 0 radical (unpaired) electrons. The number of rotatable bonds is 5. The molecule has 176 valence electrons. The number of carbonyl (C=O) groups is 2. The molecule has 5 nitrogen and oxygen atoms in total. The van der Waals surface area contributed by atoms with E-state index in [1.54, 1.807) is 18.2 Å². The van der Waals surface area contributed by atoms with Crippen molar-refractivity contribution in [3.8, 4) is 0 Å². The van der Waals surface area contributed by atoms with Gasteiger partial charge in [-0.15, -0.1) is 0 Å². The summed E-state index contributed by atoms with van der Waals surface area (Å²) >= 11 is 0. The first-order valence-corrected chi connectivity index (χ1v) is 11.8. The van der Waals surface area contributed by atoms with E-state index in [1.165, 1.54) is 5.56 Å². The predicted molar refractivity (Wildman–Crippen MR) is 137 cm³/mol. The van der Waals surface area contributed by atoms with Crippen LogP contribution in [-0.2, 0) is 4.74 Å². The zero-order chi connectivity index (χ0) is 24.1. The van der Waals surface area contributed by atoms with Gasteiger partial charge in [0.25, 0.3) is 5.91 Å². The summed E-state index contributed by atoms with van der Waals surface area (Å²) in [5.74, 6) is -0.161. The molecule has 1 aliphatic rings. The fraction of sp³-hybridized carbons (Fsp3) is 0.310. The second-order valence-electron chi connectivity index (χ2n) is 9.72. The third-order valence-corrected chi connectivity index (χ3v) is 6.04. The van der Waals surface area contributed by atoms with E-state index in [0.29, 0.717) is 22.7 Å². The molecular weight excluding hydrogens is 424 g/mol. The highest BCUT2D eigenvalue weighted by atomic mass is 16.6. The largest absolute Gasteiger partial charge is 0.456 e. The molecule has 4 rings (SSSR count). The Hall–Kier alpha value is -3.60. The molecule has 0 aromatic heterocycles. The molecule has 1 amide bonds. The lowest BCUT2D eigenvalue weighted by Gasteiger charge is -2.34. The zero-order valence-electron chi connectivity index (χ0n) is 20.1. The Morgan fingerprint density at radius 1 is 0.882 bits per heavy atom. The Morgan fingerprint density at radius 2 is 1.50 bits per heavy atom. The molecule has 0 aliphatic carbocycles. The van der Waals surface area contributed by atoms with E-state index >= 15 is 0 Å². The Kier molecular flexibility index (Phi) is 7.01. The van der Waals surface area contributed by atoms with Gasteiger partial charge in [0.15, 0.2) is 0 Å². The molecule has 1 saturated heterocycles. The summed E-state index contributed by atoms with van der Waals surface area (Å²) in [6.45, 7) is 7.32. The summed E-state index contributed by atoms with van der Waals surface area (Å²) in [5.41, 5.74) is 3.09. The predicted octanol–water partition coefficient (Wildman–Crippen LogP) is 6.28. The Bertz CT molecular complexity index is 1130. The number of carbonyl (C=O) groups excluding carboxylic acids is 2. The van der Waals surface area contributed by atoms with Gasteiger partial charge in [-0.25, -0.2) is 4.79 Å². The first-order chi connectivity index (χ1) is 16.3. The van der Waals surface area contributed by atoms with E-state index < -0.39 is 11.6 Å². The molecule has 0 saturated carbocycles. The first kappa shape index (κ1) is 23.6. The highest BCUT2D eigenvalue weighted by Gasteiger charge is 2.25. The summed E-state index contributed by atoms with van der Waals surface area (Å²) < 4.78 is 5.60. The topological polar surface area (TPSA) is 58.6 Å². The smallest absolute Gasteiger partial charge is 0.340 e. The minimum Gasteiger partial charge on any atom is -0.456 e. The van der Waals surface area contributed by atoms with E-state index in [0.717, 1.165) is 31.6 Å². The summed E-state index contributed by atoms with van der Waals surface area (Å²) in [6.07, 6.45) is 2.12. The van der Waals surface area contributed by atoms with Gasteiger partial charge in [-0.1, -0.05) is 48.5 Å². The van der Waals surface area contributed by atoms with Crippen molar-refractivity contribution in [1.29, 1.82) is 0 Å². The lowest BCUT2D eigenvalue weighted by atomic mass is 9.89. The molecule has 3 aromatic carbocycles. The van der Waals surface area contributed by atoms with Crippen molar-refractivity contribution < 1.29 is 14.3 Å². The second-order valence-corrected chi connectivity index (χ2v) is 9.72. The van der Waals surface area contributed by atoms with Crippen LogP contribution in [0.3, 0.4) is 0 Å². The molecule has 0 unspecified atom stereocenters. The fourth-order valence-corrected chi connectivity index (χ4v) is 4.32. The lowest BCUT2D eigenvalue weighted by Crippen LogP contribution is -2.33. The Balaban J connectivity index is 1.56. The number of hydrogen-bond donors (Lipinski definition) is 1. The van der Waals surface area contributed by atoms with E-state index in [4.69, 9.17) is 4.74 Å². The van der Waals surface area contributed by atoms with Crippen LogP contribution in [0.5, 0.6) is 0 Å². The minimum absolute atomic E-state index is 0.259. The molecule has 1 fully saturated rings. The van der Waals surface area contributed by atoms with Crippen LogP contribution < -0.4 is 10.2 Å². The second kappa shape index (κ2) is 10.1. The van der Waals surface area contributed by atoms with Crippen molar-refractivity contribution in [2.24, 2.45) is 0 Å². The summed E-state index contributed by atoms with van der Waals surface area (Å²) in [6, 6.07) is 25.2. The van der Waals surface area contributed by atoms with E-state index in [1.807, 2.05) is 51.1 Å². The maximum absolute atomic E-state index is 12.9. The monoisotopic (exact) mass is 456 g/mol. The van der Waals surface area contributed by atoms with Gasteiger partial charge < -0.3 is 15.0 Å². The molecule has 0 bridgehead atoms. The molecule has 3 aromatic rings. The van der Waals surface area contributed by atoms with Gasteiger partial charge >= 0.3 is 5.97 Å². The maximum atomic E-state index is 12.9. The average molecular weight is 457 g/mol. The Labute approximate surface area is 201 Å². The number of amides is 1. The maximum Gasteiger partial charge on any atom is 0.340 e. The zero-order valence-corrected chi connectivity index (χ0v) is 20.1. The van der Waals surface area contributed by atoms with E-state index in [-0.39, 0.29) is 5.91 Å². The van der Waals surface area contributed by atoms with E-state index in [2.05, 4.69) is 40.5 Å². The molecule has 1 aliphatic heterocycles. The summed E-state index contributed by atoms with van der Waals surface area (Å²) in [7, 11) is 0. The van der Waals surface area contributed by atoms with Crippen LogP contribution in [0.2, 0.25) is 0 Å². The molecule has 1 heterocycles. The fourth-order valence-electron chi connectivity index (χ4n) is 4.32. The van der Waals surface area contributed by atoms with Crippen LogP contribution in [0.1, 0.15) is 65.8 Å². The normalized spacial score (nSPS) is 14.5. The number of benzene rings is 3. The van der Waals surface area contributed by atoms with Crippen molar-refractivity contribution in [3.63, 3.8) is 0 Å². The number of piperidine rings is 1. The van der Waals surface area contributed by atoms with Crippen molar-refractivity contribution in [1.82, 2.24) is 0 Å². The van der Waals surface area contributed by atoms with Crippen molar-refractivity contribution in [2.45, 2.75) is 45.1 Å². The molecule has 0 spiro atoms. The number of hydrogen-bond acceptors (Lipinski definition) is 4. The first-order valence-electron chi connectivity index (χ1n) is 11.8. The molecule has 0 atom stereocenters. The number of nitrogens with one attached hydrogen (secondary N) is 1. The number of anilines is 2. The van der Waals surface area contributed by atoms with Crippen LogP contribution in [0.25, 0.3) is 0 Å².